The van der Waals surface area contributed by atoms with Gasteiger partial charge in [-0.3, -0.25) is 0 Å². The van der Waals surface area contributed by atoms with Gasteiger partial charge in [-0.05, 0) is 13.3 Å². The summed E-state index contributed by atoms with van der Waals surface area (Å²) in [5, 5.41) is 0. The molecule has 0 aromatic carbocycles. The quantitative estimate of drug-likeness (QED) is 0.388. The Morgan fingerprint density at radius 3 is 2.67 bits per heavy atom. The number of terminal acetylenes is 1. The molecule has 0 unspecified atom stereocenters. The summed E-state index contributed by atoms with van der Waals surface area (Å²) in [6, 6.07) is 0. The first-order valence-electron chi connectivity index (χ1n) is 3.14. The SMILES string of the molecule is C#CC(/C=C\CC)=C/C. The number of rotatable bonds is 2. The fraction of sp³-hybridized carbons (Fsp3) is 0.333. The Morgan fingerprint density at radius 1 is 1.67 bits per heavy atom. The summed E-state index contributed by atoms with van der Waals surface area (Å²) in [5.74, 6) is 2.56. The van der Waals surface area contributed by atoms with E-state index < -0.39 is 0 Å². The third-order valence-electron chi connectivity index (χ3n) is 1.01. The lowest BCUT2D eigenvalue weighted by Crippen LogP contribution is -1.67. The standard InChI is InChI=1S/C9H12/c1-4-7-8-9(5-2)6-3/h2,6-8H,4H2,1,3H3/b8-7-,9-6-. The molecule has 0 fully saturated rings. The zero-order chi connectivity index (χ0) is 7.11. The molecule has 0 aliphatic carbocycles. The molecule has 0 aromatic heterocycles. The molecule has 0 rings (SSSR count). The van der Waals surface area contributed by atoms with Gasteiger partial charge >= 0.3 is 0 Å². The second-order valence-corrected chi connectivity index (χ2v) is 1.70. The molecule has 0 bridgehead atoms. The molecular weight excluding hydrogens is 108 g/mol. The van der Waals surface area contributed by atoms with Crippen LogP contribution in [0.5, 0.6) is 0 Å². The highest BCUT2D eigenvalue weighted by atomic mass is 13.8. The van der Waals surface area contributed by atoms with Crippen molar-refractivity contribution in [1.29, 1.82) is 0 Å². The summed E-state index contributed by atoms with van der Waals surface area (Å²) in [7, 11) is 0. The molecule has 0 atom stereocenters. The van der Waals surface area contributed by atoms with Crippen molar-refractivity contribution < 1.29 is 0 Å². The molecule has 0 nitrogen and oxygen atoms in total. The van der Waals surface area contributed by atoms with E-state index in [1.54, 1.807) is 0 Å². The van der Waals surface area contributed by atoms with Gasteiger partial charge in [-0.25, -0.2) is 0 Å². The van der Waals surface area contributed by atoms with Crippen LogP contribution in [0.2, 0.25) is 0 Å². The van der Waals surface area contributed by atoms with E-state index in [0.717, 1.165) is 12.0 Å². The smallest absolute Gasteiger partial charge is 0.0196 e. The second kappa shape index (κ2) is 5.18. The normalized spacial score (nSPS) is 11.9. The molecule has 0 saturated carbocycles. The van der Waals surface area contributed by atoms with Gasteiger partial charge in [0.1, 0.15) is 0 Å². The van der Waals surface area contributed by atoms with Crippen LogP contribution in [-0.2, 0) is 0 Å². The van der Waals surface area contributed by atoms with Gasteiger partial charge in [0.05, 0.1) is 0 Å². The summed E-state index contributed by atoms with van der Waals surface area (Å²) in [6.07, 6.45) is 12.1. The lowest BCUT2D eigenvalue weighted by atomic mass is 10.2. The summed E-state index contributed by atoms with van der Waals surface area (Å²) >= 11 is 0. The third kappa shape index (κ3) is 3.61. The molecule has 0 saturated heterocycles. The molecule has 0 N–H and O–H groups in total. The highest BCUT2D eigenvalue weighted by Gasteiger charge is 1.77. The van der Waals surface area contributed by atoms with Gasteiger partial charge in [-0.15, -0.1) is 6.42 Å². The Morgan fingerprint density at radius 2 is 2.33 bits per heavy atom. The minimum Gasteiger partial charge on any atom is -0.115 e. The largest absolute Gasteiger partial charge is 0.115 e. The average molecular weight is 120 g/mol. The fourth-order valence-electron chi connectivity index (χ4n) is 0.472. The Balaban J connectivity index is 3.90. The van der Waals surface area contributed by atoms with Gasteiger partial charge in [0.25, 0.3) is 0 Å². The molecule has 0 amide bonds. The van der Waals surface area contributed by atoms with Crippen LogP contribution in [0.3, 0.4) is 0 Å². The first-order chi connectivity index (χ1) is 4.35. The van der Waals surface area contributed by atoms with Crippen LogP contribution in [-0.4, -0.2) is 0 Å². The van der Waals surface area contributed by atoms with Crippen molar-refractivity contribution in [2.45, 2.75) is 20.3 Å². The highest BCUT2D eigenvalue weighted by molar-refractivity contribution is 5.35. The predicted molar refractivity (Wildman–Crippen MR) is 42.0 cm³/mol. The lowest BCUT2D eigenvalue weighted by Gasteiger charge is -1.83. The van der Waals surface area contributed by atoms with E-state index in [4.69, 9.17) is 6.42 Å². The van der Waals surface area contributed by atoms with Gasteiger partial charge in [0.2, 0.25) is 0 Å². The maximum Gasteiger partial charge on any atom is 0.0196 e. The molecule has 0 aromatic rings. The van der Waals surface area contributed by atoms with Crippen molar-refractivity contribution in [3.8, 4) is 12.3 Å². The molecule has 0 spiro atoms. The van der Waals surface area contributed by atoms with Crippen LogP contribution in [0.25, 0.3) is 0 Å². The second-order valence-electron chi connectivity index (χ2n) is 1.70. The first-order valence-corrected chi connectivity index (χ1v) is 3.14. The monoisotopic (exact) mass is 120 g/mol. The first kappa shape index (κ1) is 8.04. The summed E-state index contributed by atoms with van der Waals surface area (Å²) in [4.78, 5) is 0. The van der Waals surface area contributed by atoms with Gasteiger partial charge in [0.15, 0.2) is 0 Å². The van der Waals surface area contributed by atoms with Gasteiger partial charge in [-0.1, -0.05) is 31.1 Å². The highest BCUT2D eigenvalue weighted by Crippen LogP contribution is 1.94. The van der Waals surface area contributed by atoms with Crippen molar-refractivity contribution in [2.75, 3.05) is 0 Å². The molecule has 0 aliphatic heterocycles. The van der Waals surface area contributed by atoms with E-state index in [1.165, 1.54) is 0 Å². The fourth-order valence-corrected chi connectivity index (χ4v) is 0.472. The van der Waals surface area contributed by atoms with Gasteiger partial charge in [0, 0.05) is 5.57 Å². The van der Waals surface area contributed by atoms with Crippen LogP contribution in [0.1, 0.15) is 20.3 Å². The van der Waals surface area contributed by atoms with Crippen LogP contribution < -0.4 is 0 Å². The predicted octanol–water partition coefficient (Wildman–Crippen LogP) is 2.53. The van der Waals surface area contributed by atoms with Crippen molar-refractivity contribution in [3.63, 3.8) is 0 Å². The Bertz CT molecular complexity index is 153. The summed E-state index contributed by atoms with van der Waals surface area (Å²) in [5.41, 5.74) is 0.955. The van der Waals surface area contributed by atoms with Crippen LogP contribution in [0, 0.1) is 12.3 Å². The minimum absolute atomic E-state index is 0.955. The van der Waals surface area contributed by atoms with Crippen LogP contribution in [0.15, 0.2) is 23.8 Å². The lowest BCUT2D eigenvalue weighted by molar-refractivity contribution is 1.22. The number of hydrogen-bond donors (Lipinski definition) is 0. The van der Waals surface area contributed by atoms with Crippen molar-refractivity contribution in [3.05, 3.63) is 23.8 Å². The maximum atomic E-state index is 5.15. The topological polar surface area (TPSA) is 0 Å². The van der Waals surface area contributed by atoms with Crippen molar-refractivity contribution >= 4 is 0 Å². The van der Waals surface area contributed by atoms with E-state index in [-0.39, 0.29) is 0 Å². The van der Waals surface area contributed by atoms with E-state index >= 15 is 0 Å². The number of allylic oxidation sites excluding steroid dienone is 4. The molecule has 0 heteroatoms. The Kier molecular flexibility index (Phi) is 4.63. The van der Waals surface area contributed by atoms with E-state index in [1.807, 2.05) is 19.1 Å². The van der Waals surface area contributed by atoms with E-state index in [2.05, 4.69) is 18.9 Å². The summed E-state index contributed by atoms with van der Waals surface area (Å²) < 4.78 is 0. The van der Waals surface area contributed by atoms with Gasteiger partial charge in [-0.2, -0.15) is 0 Å². The van der Waals surface area contributed by atoms with E-state index in [0.29, 0.717) is 0 Å². The molecule has 0 radical (unpaired) electrons. The van der Waals surface area contributed by atoms with Crippen LogP contribution in [0.4, 0.5) is 0 Å². The number of hydrogen-bond acceptors (Lipinski definition) is 0. The zero-order valence-corrected chi connectivity index (χ0v) is 6.02. The molecule has 48 valence electrons. The molecule has 9 heavy (non-hydrogen) atoms. The zero-order valence-electron chi connectivity index (χ0n) is 6.02. The minimum atomic E-state index is 0.955. The molecular formula is C9H12. The molecule has 0 aliphatic rings. The van der Waals surface area contributed by atoms with E-state index in [9.17, 15) is 0 Å². The van der Waals surface area contributed by atoms with Crippen LogP contribution >= 0.6 is 0 Å². The maximum absolute atomic E-state index is 5.15. The Hall–Kier alpha value is -0.960. The average Bonchev–Trinajstić information content (AvgIpc) is 1.91. The molecule has 0 heterocycles. The summed E-state index contributed by atoms with van der Waals surface area (Å²) in [6.45, 7) is 4.02. The third-order valence-corrected chi connectivity index (χ3v) is 1.01. The van der Waals surface area contributed by atoms with Gasteiger partial charge < -0.3 is 0 Å². The Labute approximate surface area is 57.3 Å². The van der Waals surface area contributed by atoms with Crippen molar-refractivity contribution in [1.82, 2.24) is 0 Å². The van der Waals surface area contributed by atoms with Crippen molar-refractivity contribution in [2.24, 2.45) is 0 Å².